The highest BCUT2D eigenvalue weighted by atomic mass is 16.5. The number of hydrogen-bond acceptors (Lipinski definition) is 5. The quantitative estimate of drug-likeness (QED) is 0.478. The third-order valence-electron chi connectivity index (χ3n) is 6.50. The van der Waals surface area contributed by atoms with Crippen molar-refractivity contribution in [3.05, 3.63) is 81.9 Å². The van der Waals surface area contributed by atoms with E-state index in [0.29, 0.717) is 54.8 Å². The van der Waals surface area contributed by atoms with Gasteiger partial charge in [0.2, 0.25) is 0 Å². The fraction of sp³-hybridized carbons (Fsp3) is 0.333. The molecular formula is C27H29N5O3. The zero-order valence-corrected chi connectivity index (χ0v) is 20.2. The molecule has 1 unspecified atom stereocenters. The molecule has 1 aliphatic heterocycles. The molecule has 1 amide bonds. The Bertz CT molecular complexity index is 1420. The van der Waals surface area contributed by atoms with Crippen molar-refractivity contribution in [2.45, 2.75) is 39.3 Å². The average Bonchev–Trinajstić information content (AvgIpc) is 3.18. The summed E-state index contributed by atoms with van der Waals surface area (Å²) in [6.45, 7) is 8.31. The van der Waals surface area contributed by atoms with Crippen LogP contribution in [0, 0.1) is 0 Å². The molecule has 0 spiro atoms. The van der Waals surface area contributed by atoms with Gasteiger partial charge < -0.3 is 14.6 Å². The fourth-order valence-corrected chi connectivity index (χ4v) is 4.56. The summed E-state index contributed by atoms with van der Waals surface area (Å²) in [5.41, 5.74) is 4.56. The third-order valence-corrected chi connectivity index (χ3v) is 6.50. The van der Waals surface area contributed by atoms with E-state index in [4.69, 9.17) is 9.72 Å². The van der Waals surface area contributed by atoms with Crippen LogP contribution in [-0.2, 0) is 11.3 Å². The molecule has 1 aliphatic rings. The first-order chi connectivity index (χ1) is 16.9. The van der Waals surface area contributed by atoms with E-state index in [-0.39, 0.29) is 17.6 Å². The Hall–Kier alpha value is -3.78. The lowest BCUT2D eigenvalue weighted by Gasteiger charge is -2.33. The van der Waals surface area contributed by atoms with Gasteiger partial charge in [-0.25, -0.2) is 14.8 Å². The Morgan fingerprint density at radius 2 is 1.94 bits per heavy atom. The minimum atomic E-state index is -0.245. The fourth-order valence-electron chi connectivity index (χ4n) is 4.56. The van der Waals surface area contributed by atoms with Gasteiger partial charge in [-0.1, -0.05) is 50.2 Å². The molecule has 2 aromatic heterocycles. The summed E-state index contributed by atoms with van der Waals surface area (Å²) in [5.74, 6) is 0.911. The van der Waals surface area contributed by atoms with Gasteiger partial charge in [-0.2, -0.15) is 0 Å². The van der Waals surface area contributed by atoms with Crippen molar-refractivity contribution in [1.29, 1.82) is 0 Å². The molecule has 3 heterocycles. The molecule has 180 valence electrons. The molecule has 1 saturated heterocycles. The van der Waals surface area contributed by atoms with Gasteiger partial charge in [0.05, 0.1) is 32.0 Å². The minimum absolute atomic E-state index is 0.00203. The highest BCUT2D eigenvalue weighted by Gasteiger charge is 2.24. The number of carbonyl (C=O) groups is 1. The van der Waals surface area contributed by atoms with Gasteiger partial charge in [-0.05, 0) is 36.1 Å². The number of ether oxygens (including phenoxy) is 1. The Labute approximate surface area is 203 Å². The van der Waals surface area contributed by atoms with E-state index in [0.717, 1.165) is 16.7 Å². The minimum Gasteiger partial charge on any atom is -0.377 e. The highest BCUT2D eigenvalue weighted by Crippen LogP contribution is 2.27. The normalized spacial score (nSPS) is 16.2. The molecule has 4 aromatic rings. The number of aromatic nitrogens is 4. The van der Waals surface area contributed by atoms with Gasteiger partial charge in [0, 0.05) is 17.7 Å². The molecule has 8 heteroatoms. The standard InChI is InChI=1S/C27H29N5O3/c1-17(2)21-6-4-5-7-22(21)24-28-14-23-25(30-24)32(27(34)29-23)15-19-8-10-20(11-9-19)26(33)31-12-13-35-16-18(31)3/h4-11,14,17-18H,12-13,15-16H2,1-3H3,(H,29,34). The first-order valence-electron chi connectivity index (χ1n) is 11.9. The number of rotatable bonds is 5. The van der Waals surface area contributed by atoms with Crippen molar-refractivity contribution in [3.8, 4) is 11.4 Å². The van der Waals surface area contributed by atoms with Crippen LogP contribution in [0.25, 0.3) is 22.6 Å². The largest absolute Gasteiger partial charge is 0.377 e. The van der Waals surface area contributed by atoms with Gasteiger partial charge >= 0.3 is 5.69 Å². The molecule has 1 atom stereocenters. The smallest absolute Gasteiger partial charge is 0.328 e. The van der Waals surface area contributed by atoms with E-state index in [1.54, 1.807) is 10.8 Å². The maximum absolute atomic E-state index is 12.9. The summed E-state index contributed by atoms with van der Waals surface area (Å²) in [4.78, 5) is 39.6. The number of nitrogens with one attached hydrogen (secondary N) is 1. The van der Waals surface area contributed by atoms with Crippen molar-refractivity contribution in [1.82, 2.24) is 24.4 Å². The van der Waals surface area contributed by atoms with E-state index in [1.165, 1.54) is 0 Å². The summed E-state index contributed by atoms with van der Waals surface area (Å²) < 4.78 is 7.05. The number of aromatic amines is 1. The van der Waals surface area contributed by atoms with Crippen LogP contribution < -0.4 is 5.69 Å². The predicted octanol–water partition coefficient (Wildman–Crippen LogP) is 3.82. The number of H-pyrrole nitrogens is 1. The molecule has 8 nitrogen and oxygen atoms in total. The molecule has 1 N–H and O–H groups in total. The predicted molar refractivity (Wildman–Crippen MR) is 135 cm³/mol. The number of nitrogens with zero attached hydrogens (tertiary/aromatic N) is 4. The average molecular weight is 472 g/mol. The monoisotopic (exact) mass is 471 g/mol. The molecule has 2 aromatic carbocycles. The molecule has 0 aliphatic carbocycles. The molecule has 0 bridgehead atoms. The first kappa shape index (κ1) is 23.0. The van der Waals surface area contributed by atoms with E-state index < -0.39 is 0 Å². The van der Waals surface area contributed by atoms with Crippen LogP contribution in [-0.4, -0.2) is 56.1 Å². The van der Waals surface area contributed by atoms with Crippen LogP contribution in [0.5, 0.6) is 0 Å². The molecule has 1 fully saturated rings. The molecule has 0 radical (unpaired) electrons. The molecule has 5 rings (SSSR count). The number of benzene rings is 2. The van der Waals surface area contributed by atoms with Gasteiger partial charge in [0.15, 0.2) is 11.5 Å². The van der Waals surface area contributed by atoms with Crippen molar-refractivity contribution in [2.24, 2.45) is 0 Å². The Kier molecular flexibility index (Phi) is 6.21. The second-order valence-corrected chi connectivity index (χ2v) is 9.31. The summed E-state index contributed by atoms with van der Waals surface area (Å²) in [6, 6.07) is 15.5. The van der Waals surface area contributed by atoms with Crippen LogP contribution >= 0.6 is 0 Å². The number of fused-ring (bicyclic) bond motifs is 1. The van der Waals surface area contributed by atoms with Crippen molar-refractivity contribution in [2.75, 3.05) is 19.8 Å². The Morgan fingerprint density at radius 3 is 2.69 bits per heavy atom. The summed E-state index contributed by atoms with van der Waals surface area (Å²) in [6.07, 6.45) is 1.66. The molecular weight excluding hydrogens is 442 g/mol. The lowest BCUT2D eigenvalue weighted by Crippen LogP contribution is -2.47. The maximum atomic E-state index is 12.9. The number of hydrogen-bond donors (Lipinski definition) is 1. The first-order valence-corrected chi connectivity index (χ1v) is 11.9. The Morgan fingerprint density at radius 1 is 1.17 bits per heavy atom. The van der Waals surface area contributed by atoms with Crippen LogP contribution in [0.2, 0.25) is 0 Å². The second-order valence-electron chi connectivity index (χ2n) is 9.31. The SMILES string of the molecule is CC(C)c1ccccc1-c1ncc2[nH]c(=O)n(Cc3ccc(C(=O)N4CCOCC4C)cc3)c2n1. The van der Waals surface area contributed by atoms with E-state index in [2.05, 4.69) is 29.9 Å². The van der Waals surface area contributed by atoms with Gasteiger partial charge in [0.25, 0.3) is 5.91 Å². The van der Waals surface area contributed by atoms with E-state index in [1.807, 2.05) is 54.3 Å². The number of amides is 1. The van der Waals surface area contributed by atoms with Crippen LogP contribution in [0.3, 0.4) is 0 Å². The van der Waals surface area contributed by atoms with Crippen LogP contribution in [0.1, 0.15) is 48.2 Å². The number of carbonyl (C=O) groups excluding carboxylic acids is 1. The topological polar surface area (TPSA) is 93.1 Å². The van der Waals surface area contributed by atoms with Crippen LogP contribution in [0.15, 0.2) is 59.5 Å². The van der Waals surface area contributed by atoms with Crippen molar-refractivity contribution < 1.29 is 9.53 Å². The molecule has 0 saturated carbocycles. The summed E-state index contributed by atoms with van der Waals surface area (Å²) >= 11 is 0. The van der Waals surface area contributed by atoms with Gasteiger partial charge in [-0.15, -0.1) is 0 Å². The van der Waals surface area contributed by atoms with E-state index in [9.17, 15) is 9.59 Å². The third kappa shape index (κ3) is 4.49. The van der Waals surface area contributed by atoms with Gasteiger partial charge in [0.1, 0.15) is 5.52 Å². The van der Waals surface area contributed by atoms with Gasteiger partial charge in [-0.3, -0.25) is 9.36 Å². The molecule has 35 heavy (non-hydrogen) atoms. The van der Waals surface area contributed by atoms with Crippen molar-refractivity contribution >= 4 is 17.1 Å². The zero-order chi connectivity index (χ0) is 24.5. The second kappa shape index (κ2) is 9.46. The van der Waals surface area contributed by atoms with E-state index >= 15 is 0 Å². The number of imidazole rings is 1. The summed E-state index contributed by atoms with van der Waals surface area (Å²) in [5, 5.41) is 0. The van der Waals surface area contributed by atoms with Crippen molar-refractivity contribution in [3.63, 3.8) is 0 Å². The van der Waals surface area contributed by atoms with Crippen LogP contribution in [0.4, 0.5) is 0 Å². The highest BCUT2D eigenvalue weighted by molar-refractivity contribution is 5.94. The summed E-state index contributed by atoms with van der Waals surface area (Å²) in [7, 11) is 0. The lowest BCUT2D eigenvalue weighted by atomic mass is 9.97. The maximum Gasteiger partial charge on any atom is 0.328 e. The lowest BCUT2D eigenvalue weighted by molar-refractivity contribution is 0.00359. The zero-order valence-electron chi connectivity index (χ0n) is 20.2. The number of morpholine rings is 1. The Balaban J connectivity index is 1.44.